The Balaban J connectivity index is 2.56. The molecular formula is C15H18O2. The third-order valence-electron chi connectivity index (χ3n) is 2.37. The average Bonchev–Trinajstić information content (AvgIpc) is 2.35. The number of hydrogen-bond donors (Lipinski definition) is 0. The second-order valence-corrected chi connectivity index (χ2v) is 3.82. The summed E-state index contributed by atoms with van der Waals surface area (Å²) in [5.41, 5.74) is 4.16. The van der Waals surface area contributed by atoms with Crippen LogP contribution in [0, 0.1) is 0 Å². The van der Waals surface area contributed by atoms with Gasteiger partial charge in [0.25, 0.3) is 0 Å². The van der Waals surface area contributed by atoms with Gasteiger partial charge in [0.2, 0.25) is 0 Å². The summed E-state index contributed by atoms with van der Waals surface area (Å²) in [7, 11) is 0. The van der Waals surface area contributed by atoms with E-state index in [-0.39, 0.29) is 5.97 Å². The molecule has 0 fully saturated rings. The van der Waals surface area contributed by atoms with Gasteiger partial charge in [-0.1, -0.05) is 38.5 Å². The summed E-state index contributed by atoms with van der Waals surface area (Å²) in [5, 5.41) is 0. The van der Waals surface area contributed by atoms with Gasteiger partial charge < -0.3 is 4.74 Å². The lowest BCUT2D eigenvalue weighted by molar-refractivity contribution is 0.0498. The lowest BCUT2D eigenvalue weighted by Crippen LogP contribution is -2.06. The van der Waals surface area contributed by atoms with E-state index in [9.17, 15) is 4.79 Å². The highest BCUT2D eigenvalue weighted by atomic mass is 16.5. The first-order valence-corrected chi connectivity index (χ1v) is 5.91. The number of hydrogen-bond acceptors (Lipinski definition) is 2. The summed E-state index contributed by atoms with van der Waals surface area (Å²) in [6.07, 6.45) is 4.87. The van der Waals surface area contributed by atoms with E-state index in [1.165, 1.54) is 0 Å². The van der Waals surface area contributed by atoms with Crippen LogP contribution in [-0.4, -0.2) is 12.6 Å². The van der Waals surface area contributed by atoms with Gasteiger partial charge in [0.05, 0.1) is 12.2 Å². The minimum atomic E-state index is -0.264. The van der Waals surface area contributed by atoms with Crippen LogP contribution in [0.15, 0.2) is 36.6 Å². The first-order valence-electron chi connectivity index (χ1n) is 5.91. The van der Waals surface area contributed by atoms with Gasteiger partial charge in [-0.05, 0) is 30.2 Å². The third-order valence-corrected chi connectivity index (χ3v) is 2.37. The van der Waals surface area contributed by atoms with Crippen molar-refractivity contribution in [2.24, 2.45) is 0 Å². The van der Waals surface area contributed by atoms with E-state index in [1.54, 1.807) is 18.2 Å². The first-order chi connectivity index (χ1) is 8.27. The highest BCUT2D eigenvalue weighted by Gasteiger charge is 2.06. The Morgan fingerprint density at radius 1 is 1.47 bits per heavy atom. The van der Waals surface area contributed by atoms with Crippen molar-refractivity contribution in [2.75, 3.05) is 6.61 Å². The van der Waals surface area contributed by atoms with Crippen LogP contribution in [0.4, 0.5) is 0 Å². The smallest absolute Gasteiger partial charge is 0.338 e. The number of carbonyl (C=O) groups is 1. The van der Waals surface area contributed by atoms with E-state index in [1.807, 2.05) is 12.1 Å². The highest BCUT2D eigenvalue weighted by molar-refractivity contribution is 5.90. The van der Waals surface area contributed by atoms with E-state index in [0.717, 1.165) is 24.8 Å². The van der Waals surface area contributed by atoms with Crippen LogP contribution < -0.4 is 0 Å². The fourth-order valence-corrected chi connectivity index (χ4v) is 1.47. The van der Waals surface area contributed by atoms with Crippen molar-refractivity contribution >= 4 is 12.0 Å². The van der Waals surface area contributed by atoms with Crippen LogP contribution in [0.1, 0.15) is 42.1 Å². The summed E-state index contributed by atoms with van der Waals surface area (Å²) >= 11 is 0. The molecule has 1 aromatic carbocycles. The number of ether oxygens (including phenoxy) is 1. The van der Waals surface area contributed by atoms with Crippen molar-refractivity contribution in [2.45, 2.75) is 26.2 Å². The van der Waals surface area contributed by atoms with Gasteiger partial charge in [0.15, 0.2) is 0 Å². The molecule has 0 aliphatic carbocycles. The Bertz CT molecular complexity index is 415. The Morgan fingerprint density at radius 2 is 2.29 bits per heavy atom. The first kappa shape index (κ1) is 13.3. The van der Waals surface area contributed by atoms with Gasteiger partial charge >= 0.3 is 5.97 Å². The lowest BCUT2D eigenvalue weighted by Gasteiger charge is -2.04. The van der Waals surface area contributed by atoms with Crippen LogP contribution in [0.25, 0.3) is 6.08 Å². The van der Waals surface area contributed by atoms with Crippen molar-refractivity contribution in [3.63, 3.8) is 0 Å². The second kappa shape index (κ2) is 7.48. The van der Waals surface area contributed by atoms with Crippen LogP contribution in [0.5, 0.6) is 0 Å². The van der Waals surface area contributed by atoms with E-state index in [0.29, 0.717) is 12.2 Å². The Kier molecular flexibility index (Phi) is 5.84. The Labute approximate surface area is 103 Å². The standard InChI is InChI=1S/C15H18O2/c1-3-5-6-11-17-15(16)14-10-7-9-13(12-14)8-4-2/h7-10,12H,2-3,5-6,11H2,1H3. The van der Waals surface area contributed by atoms with Gasteiger partial charge in [-0.3, -0.25) is 0 Å². The molecule has 0 aliphatic rings. The largest absolute Gasteiger partial charge is 0.462 e. The van der Waals surface area contributed by atoms with Crippen molar-refractivity contribution in [1.82, 2.24) is 0 Å². The molecule has 0 aliphatic heterocycles. The number of carbonyl (C=O) groups excluding carboxylic acids is 1. The molecule has 0 atom stereocenters. The van der Waals surface area contributed by atoms with E-state index in [4.69, 9.17) is 4.74 Å². The van der Waals surface area contributed by atoms with Gasteiger partial charge in [-0.25, -0.2) is 4.79 Å². The molecule has 0 saturated heterocycles. The van der Waals surface area contributed by atoms with Gasteiger partial charge in [-0.15, -0.1) is 5.73 Å². The van der Waals surface area contributed by atoms with Crippen molar-refractivity contribution in [3.8, 4) is 0 Å². The van der Waals surface area contributed by atoms with Crippen molar-refractivity contribution < 1.29 is 9.53 Å². The molecule has 90 valence electrons. The maximum Gasteiger partial charge on any atom is 0.338 e. The van der Waals surface area contributed by atoms with Crippen LogP contribution in [0.2, 0.25) is 0 Å². The molecule has 0 aromatic heterocycles. The molecule has 1 aromatic rings. The topological polar surface area (TPSA) is 26.3 Å². The molecule has 0 unspecified atom stereocenters. The minimum Gasteiger partial charge on any atom is -0.462 e. The highest BCUT2D eigenvalue weighted by Crippen LogP contribution is 2.08. The molecule has 0 bridgehead atoms. The Morgan fingerprint density at radius 3 is 3.00 bits per heavy atom. The summed E-state index contributed by atoms with van der Waals surface area (Å²) in [6.45, 7) is 6.12. The molecule has 0 radical (unpaired) electrons. The van der Waals surface area contributed by atoms with Gasteiger partial charge in [0.1, 0.15) is 0 Å². The molecule has 2 heteroatoms. The predicted molar refractivity (Wildman–Crippen MR) is 69.9 cm³/mol. The number of esters is 1. The maximum absolute atomic E-state index is 11.7. The number of unbranched alkanes of at least 4 members (excludes halogenated alkanes) is 2. The monoisotopic (exact) mass is 230 g/mol. The zero-order chi connectivity index (χ0) is 12.5. The van der Waals surface area contributed by atoms with E-state index >= 15 is 0 Å². The van der Waals surface area contributed by atoms with Crippen molar-refractivity contribution in [1.29, 1.82) is 0 Å². The second-order valence-electron chi connectivity index (χ2n) is 3.82. The zero-order valence-electron chi connectivity index (χ0n) is 10.2. The summed E-state index contributed by atoms with van der Waals surface area (Å²) in [6, 6.07) is 7.25. The summed E-state index contributed by atoms with van der Waals surface area (Å²) < 4.78 is 5.17. The fourth-order valence-electron chi connectivity index (χ4n) is 1.47. The third kappa shape index (κ3) is 4.71. The van der Waals surface area contributed by atoms with Gasteiger partial charge in [0, 0.05) is 0 Å². The molecule has 0 N–H and O–H groups in total. The van der Waals surface area contributed by atoms with Crippen molar-refractivity contribution in [3.05, 3.63) is 47.7 Å². The molecule has 2 nitrogen and oxygen atoms in total. The molecule has 0 spiro atoms. The molecule has 0 heterocycles. The van der Waals surface area contributed by atoms with E-state index in [2.05, 4.69) is 19.2 Å². The average molecular weight is 230 g/mol. The summed E-state index contributed by atoms with van der Waals surface area (Å²) in [4.78, 5) is 11.7. The number of rotatable bonds is 6. The van der Waals surface area contributed by atoms with Crippen LogP contribution >= 0.6 is 0 Å². The molecule has 17 heavy (non-hydrogen) atoms. The zero-order valence-corrected chi connectivity index (χ0v) is 10.2. The lowest BCUT2D eigenvalue weighted by atomic mass is 10.1. The predicted octanol–water partition coefficient (Wildman–Crippen LogP) is 3.83. The molecule has 1 rings (SSSR count). The molecule has 0 saturated carbocycles. The molecular weight excluding hydrogens is 212 g/mol. The quantitative estimate of drug-likeness (QED) is 0.422. The fraction of sp³-hybridized carbons (Fsp3) is 0.333. The van der Waals surface area contributed by atoms with Crippen LogP contribution in [0.3, 0.4) is 0 Å². The Hall–Kier alpha value is -1.79. The van der Waals surface area contributed by atoms with E-state index < -0.39 is 0 Å². The van der Waals surface area contributed by atoms with Gasteiger partial charge in [-0.2, -0.15) is 0 Å². The number of benzene rings is 1. The van der Waals surface area contributed by atoms with Crippen LogP contribution in [-0.2, 0) is 4.74 Å². The normalized spacial score (nSPS) is 9.47. The summed E-state index contributed by atoms with van der Waals surface area (Å²) in [5.74, 6) is -0.264. The minimum absolute atomic E-state index is 0.264. The maximum atomic E-state index is 11.7. The SMILES string of the molecule is C=C=Cc1cccc(C(=O)OCCCCC)c1. The molecule has 0 amide bonds.